The number of imidazole rings is 1. The molecule has 4 aromatic rings. The number of carboxylic acid groups (broad SMARTS) is 1. The fourth-order valence-corrected chi connectivity index (χ4v) is 7.68. The number of thiocarbonyl (C=S) groups is 1. The minimum atomic E-state index is -0.874. The van der Waals surface area contributed by atoms with Crippen LogP contribution in [-0.4, -0.2) is 76.7 Å². The van der Waals surface area contributed by atoms with Gasteiger partial charge in [0.1, 0.15) is 11.2 Å². The Balaban J connectivity index is 1.60. The molecule has 11 nitrogen and oxygen atoms in total. The van der Waals surface area contributed by atoms with Crippen molar-refractivity contribution in [2.24, 2.45) is 0 Å². The third-order valence-electron chi connectivity index (χ3n) is 8.66. The van der Waals surface area contributed by atoms with E-state index < -0.39 is 11.9 Å². The van der Waals surface area contributed by atoms with Crippen molar-refractivity contribution in [1.82, 2.24) is 14.0 Å². The summed E-state index contributed by atoms with van der Waals surface area (Å²) in [7, 11) is 3.14. The Morgan fingerprint density at radius 3 is 2.21 bits per heavy atom. The van der Waals surface area contributed by atoms with Gasteiger partial charge in [-0.15, -0.1) is 0 Å². The number of aliphatic carboxylic acids is 1. The average Bonchev–Trinajstić information content (AvgIpc) is 3.71. The smallest absolute Gasteiger partial charge is 0.303 e. The lowest BCUT2D eigenvalue weighted by molar-refractivity contribution is -0.137. The molecule has 270 valence electrons. The van der Waals surface area contributed by atoms with E-state index in [2.05, 4.69) is 0 Å². The fraction of sp³-hybridized carbons (Fsp3) is 0.263. The van der Waals surface area contributed by atoms with Crippen LogP contribution in [0, 0.1) is 5.82 Å². The van der Waals surface area contributed by atoms with Gasteiger partial charge in [0.25, 0.3) is 11.5 Å². The van der Waals surface area contributed by atoms with Gasteiger partial charge >= 0.3 is 5.97 Å². The van der Waals surface area contributed by atoms with Crippen LogP contribution in [0.15, 0.2) is 99.7 Å². The van der Waals surface area contributed by atoms with Crippen molar-refractivity contribution in [2.45, 2.75) is 30.7 Å². The second kappa shape index (κ2) is 16.5. The number of rotatable bonds is 14. The van der Waals surface area contributed by atoms with Crippen LogP contribution in [0.3, 0.4) is 0 Å². The predicted octanol–water partition coefficient (Wildman–Crippen LogP) is 4.30. The van der Waals surface area contributed by atoms with Crippen LogP contribution in [0.25, 0.3) is 17.5 Å². The van der Waals surface area contributed by atoms with Crippen molar-refractivity contribution >= 4 is 64.1 Å². The summed E-state index contributed by atoms with van der Waals surface area (Å²) in [4.78, 5) is 46.4. The van der Waals surface area contributed by atoms with E-state index in [0.717, 1.165) is 9.92 Å². The lowest BCUT2D eigenvalue weighted by Gasteiger charge is -2.20. The van der Waals surface area contributed by atoms with Crippen molar-refractivity contribution in [1.29, 1.82) is 0 Å². The lowest BCUT2D eigenvalue weighted by atomic mass is 10.2. The average molecular weight is 744 g/mol. The number of para-hydroxylation sites is 2. The van der Waals surface area contributed by atoms with E-state index in [1.165, 1.54) is 33.4 Å². The molecule has 0 spiro atoms. The van der Waals surface area contributed by atoms with Gasteiger partial charge in [0, 0.05) is 45.2 Å². The topological polar surface area (TPSA) is 109 Å². The molecule has 1 amide bonds. The Labute approximate surface area is 309 Å². The van der Waals surface area contributed by atoms with Crippen LogP contribution in [-0.2, 0) is 25.6 Å². The van der Waals surface area contributed by atoms with E-state index in [1.54, 1.807) is 60.1 Å². The molecule has 6 rings (SSSR count). The monoisotopic (exact) mass is 743 g/mol. The maximum atomic E-state index is 14.7. The minimum absolute atomic E-state index is 0.0288. The number of carboxylic acids is 1. The fourth-order valence-electron chi connectivity index (χ4n) is 6.24. The molecule has 3 heterocycles. The van der Waals surface area contributed by atoms with Crippen molar-refractivity contribution in [3.05, 3.63) is 117 Å². The molecule has 0 unspecified atom stereocenters. The minimum Gasteiger partial charge on any atom is -0.481 e. The number of ether oxygens (including phenoxy) is 2. The molecule has 0 atom stereocenters. The summed E-state index contributed by atoms with van der Waals surface area (Å²) in [6, 6.07) is 22.8. The van der Waals surface area contributed by atoms with Crippen molar-refractivity contribution in [2.75, 3.05) is 50.3 Å². The van der Waals surface area contributed by atoms with Crippen LogP contribution in [0.5, 0.6) is 0 Å². The number of fused-ring (bicyclic) bond motifs is 1. The first-order valence-corrected chi connectivity index (χ1v) is 18.0. The number of hydrogen-bond donors (Lipinski definition) is 1. The first-order valence-electron chi connectivity index (χ1n) is 16.7. The Morgan fingerprint density at radius 1 is 0.865 bits per heavy atom. The van der Waals surface area contributed by atoms with E-state index in [4.69, 9.17) is 26.8 Å². The van der Waals surface area contributed by atoms with Gasteiger partial charge in [-0.2, -0.15) is 0 Å². The number of carbonyl (C=O) groups excluding carboxylic acids is 1. The number of carbonyl (C=O) groups is 2. The molecule has 1 fully saturated rings. The highest BCUT2D eigenvalue weighted by molar-refractivity contribution is 8.03. The molecular weight excluding hydrogens is 706 g/mol. The number of halogens is 1. The molecule has 3 aromatic carbocycles. The molecule has 0 radical (unpaired) electrons. The van der Waals surface area contributed by atoms with Crippen LogP contribution in [0.2, 0.25) is 0 Å². The third kappa shape index (κ3) is 7.46. The molecule has 1 N–H and O–H groups in total. The Hall–Kier alpha value is -5.02. The van der Waals surface area contributed by atoms with Crippen LogP contribution in [0.1, 0.15) is 19.3 Å². The van der Waals surface area contributed by atoms with Gasteiger partial charge in [-0.3, -0.25) is 23.9 Å². The quantitative estimate of drug-likeness (QED) is 0.148. The highest BCUT2D eigenvalue weighted by atomic mass is 32.2. The largest absolute Gasteiger partial charge is 0.481 e. The first kappa shape index (κ1) is 36.8. The van der Waals surface area contributed by atoms with Crippen LogP contribution >= 0.6 is 24.0 Å². The zero-order valence-corrected chi connectivity index (χ0v) is 30.4. The SMILES string of the molecule is COCCN1C(=S)N(c2ccccc2)C(=O)/C1=c1\n(-c2ccccc2)c(=O)/c(=C/C=C2/Sc3ccc(F)cc3N2CCCCC(=O)O)n1CCOC. The normalized spacial score (nSPS) is 16.5. The second-order valence-corrected chi connectivity index (χ2v) is 13.4. The number of nitrogens with zero attached hydrogens (tertiary/aromatic N) is 5. The summed E-state index contributed by atoms with van der Waals surface area (Å²) in [6.07, 6.45) is 4.56. The Kier molecular flexibility index (Phi) is 11.7. The Morgan fingerprint density at radius 2 is 1.54 bits per heavy atom. The summed E-state index contributed by atoms with van der Waals surface area (Å²) < 4.78 is 28.7. The number of allylic oxidation sites excluding steroid dienone is 1. The number of unbranched alkanes of at least 4 members (excludes halogenated alkanes) is 1. The zero-order chi connectivity index (χ0) is 36.8. The number of thioether (sulfide) groups is 1. The molecule has 0 bridgehead atoms. The molecule has 2 aliphatic rings. The number of anilines is 2. The van der Waals surface area contributed by atoms with Gasteiger partial charge in [0.15, 0.2) is 16.3 Å². The first-order chi connectivity index (χ1) is 25.2. The Bertz CT molecular complexity index is 2190. The van der Waals surface area contributed by atoms with Crippen molar-refractivity contribution in [3.8, 4) is 5.69 Å². The summed E-state index contributed by atoms with van der Waals surface area (Å²) in [5, 5.41) is 10.4. The maximum Gasteiger partial charge on any atom is 0.303 e. The second-order valence-electron chi connectivity index (χ2n) is 12.0. The maximum absolute atomic E-state index is 14.7. The zero-order valence-electron chi connectivity index (χ0n) is 28.7. The lowest BCUT2D eigenvalue weighted by Crippen LogP contribution is -2.39. The summed E-state index contributed by atoms with van der Waals surface area (Å²) >= 11 is 7.36. The van der Waals surface area contributed by atoms with E-state index in [0.29, 0.717) is 41.9 Å². The number of benzene rings is 3. The molecule has 1 aromatic heterocycles. The summed E-state index contributed by atoms with van der Waals surface area (Å²) in [6.45, 7) is 1.42. The third-order valence-corrected chi connectivity index (χ3v) is 10.2. The molecule has 52 heavy (non-hydrogen) atoms. The molecule has 1 saturated heterocycles. The molecular formula is C38H38FN5O6S2. The van der Waals surface area contributed by atoms with Gasteiger partial charge in [-0.25, -0.2) is 4.39 Å². The number of methoxy groups -OCH3 is 2. The van der Waals surface area contributed by atoms with Crippen molar-refractivity contribution < 1.29 is 28.6 Å². The van der Waals surface area contributed by atoms with Crippen LogP contribution < -0.4 is 26.2 Å². The van der Waals surface area contributed by atoms with E-state index in [1.807, 2.05) is 47.4 Å². The number of amides is 1. The standard InChI is InChI=1S/C38H38FN5O6S2/c1-49-23-21-41-29(17-19-32-40(20-10-9-15-33(45)46)30-25-26(39)16-18-31(30)52-32)36(47)43(27-11-5-3-6-12-27)35(41)34-37(48)44(28-13-7-4-8-14-28)38(51)42(34)22-24-50-2/h3-8,11-14,16-19,25H,9-10,15,20-24H2,1-2H3,(H,45,46)/b29-17-,32-19+,35-34+. The molecule has 0 aliphatic carbocycles. The van der Waals surface area contributed by atoms with Gasteiger partial charge in [0.2, 0.25) is 0 Å². The summed E-state index contributed by atoms with van der Waals surface area (Å²) in [5.41, 5.74) is 1.99. The van der Waals surface area contributed by atoms with E-state index in [9.17, 15) is 18.8 Å². The number of hydrogen-bond acceptors (Lipinski definition) is 8. The highest BCUT2D eigenvalue weighted by Crippen LogP contribution is 2.46. The summed E-state index contributed by atoms with van der Waals surface area (Å²) in [5.74, 6) is -1.65. The predicted molar refractivity (Wildman–Crippen MR) is 203 cm³/mol. The van der Waals surface area contributed by atoms with Gasteiger partial charge in [0.05, 0.1) is 35.3 Å². The van der Waals surface area contributed by atoms with Crippen molar-refractivity contribution in [3.63, 3.8) is 0 Å². The van der Waals surface area contributed by atoms with Crippen LogP contribution in [0.4, 0.5) is 15.8 Å². The van der Waals surface area contributed by atoms with Gasteiger partial charge in [-0.1, -0.05) is 48.2 Å². The molecule has 2 aliphatic heterocycles. The van der Waals surface area contributed by atoms with Gasteiger partial charge < -0.3 is 28.9 Å². The number of aromatic nitrogens is 2. The molecule has 14 heteroatoms. The van der Waals surface area contributed by atoms with E-state index in [-0.39, 0.29) is 60.3 Å². The molecule has 0 saturated carbocycles. The van der Waals surface area contributed by atoms with Gasteiger partial charge in [-0.05, 0) is 79.7 Å². The van der Waals surface area contributed by atoms with E-state index >= 15 is 0 Å². The highest BCUT2D eigenvalue weighted by Gasteiger charge is 2.41.